The third kappa shape index (κ3) is 2.08. The summed E-state index contributed by atoms with van der Waals surface area (Å²) in [5.74, 6) is -2.17. The summed E-state index contributed by atoms with van der Waals surface area (Å²) >= 11 is 0. The standard InChI is InChI=1S/C9H12N2O4/c12-7-3-5(8(13)14)4-11(7)9(15)10-6-1-2-6/h5-6H,1-4H2,(H,10,15)(H,13,14). The van der Waals surface area contributed by atoms with Crippen molar-refractivity contribution in [1.82, 2.24) is 10.2 Å². The van der Waals surface area contributed by atoms with E-state index >= 15 is 0 Å². The maximum Gasteiger partial charge on any atom is 0.324 e. The van der Waals surface area contributed by atoms with Crippen molar-refractivity contribution in [1.29, 1.82) is 0 Å². The molecular formula is C9H12N2O4. The zero-order valence-electron chi connectivity index (χ0n) is 8.10. The summed E-state index contributed by atoms with van der Waals surface area (Å²) in [5.41, 5.74) is 0. The van der Waals surface area contributed by atoms with Crippen molar-refractivity contribution in [2.45, 2.75) is 25.3 Å². The van der Waals surface area contributed by atoms with E-state index in [-0.39, 0.29) is 19.0 Å². The van der Waals surface area contributed by atoms with Gasteiger partial charge in [-0.15, -0.1) is 0 Å². The van der Waals surface area contributed by atoms with Gasteiger partial charge >= 0.3 is 12.0 Å². The van der Waals surface area contributed by atoms with E-state index < -0.39 is 23.8 Å². The Morgan fingerprint density at radius 2 is 2.07 bits per heavy atom. The number of urea groups is 1. The highest BCUT2D eigenvalue weighted by Crippen LogP contribution is 2.22. The Morgan fingerprint density at radius 1 is 1.40 bits per heavy atom. The van der Waals surface area contributed by atoms with Crippen LogP contribution >= 0.6 is 0 Å². The van der Waals surface area contributed by atoms with Gasteiger partial charge in [0.25, 0.3) is 0 Å². The van der Waals surface area contributed by atoms with Crippen molar-refractivity contribution in [2.24, 2.45) is 5.92 Å². The molecule has 0 aromatic rings. The highest BCUT2D eigenvalue weighted by Gasteiger charge is 2.39. The number of carbonyl (C=O) groups is 3. The van der Waals surface area contributed by atoms with Crippen LogP contribution in [0.25, 0.3) is 0 Å². The number of likely N-dealkylation sites (tertiary alicyclic amines) is 1. The van der Waals surface area contributed by atoms with Crippen LogP contribution in [-0.2, 0) is 9.59 Å². The second-order valence-electron chi connectivity index (χ2n) is 3.97. The lowest BCUT2D eigenvalue weighted by Crippen LogP contribution is -2.42. The van der Waals surface area contributed by atoms with Crippen molar-refractivity contribution in [2.75, 3.05) is 6.54 Å². The third-order valence-corrected chi connectivity index (χ3v) is 2.62. The molecular weight excluding hydrogens is 200 g/mol. The van der Waals surface area contributed by atoms with Crippen LogP contribution in [0.1, 0.15) is 19.3 Å². The third-order valence-electron chi connectivity index (χ3n) is 2.62. The Kier molecular flexibility index (Phi) is 2.34. The lowest BCUT2D eigenvalue weighted by Gasteiger charge is -2.14. The SMILES string of the molecule is O=C(O)C1CC(=O)N(C(=O)NC2CC2)C1. The molecule has 1 heterocycles. The van der Waals surface area contributed by atoms with Gasteiger partial charge in [0.2, 0.25) is 5.91 Å². The van der Waals surface area contributed by atoms with Crippen LogP contribution in [0.2, 0.25) is 0 Å². The number of carbonyl (C=O) groups excluding carboxylic acids is 2. The first-order chi connectivity index (χ1) is 7.08. The Bertz CT molecular complexity index is 324. The average molecular weight is 212 g/mol. The Morgan fingerprint density at radius 3 is 2.53 bits per heavy atom. The van der Waals surface area contributed by atoms with Gasteiger partial charge in [0.05, 0.1) is 5.92 Å². The number of carboxylic acids is 1. The highest BCUT2D eigenvalue weighted by molar-refractivity contribution is 5.98. The second kappa shape index (κ2) is 3.52. The summed E-state index contributed by atoms with van der Waals surface area (Å²) in [6.07, 6.45) is 1.81. The molecule has 1 aliphatic carbocycles. The smallest absolute Gasteiger partial charge is 0.324 e. The van der Waals surface area contributed by atoms with Crippen LogP contribution in [0.15, 0.2) is 0 Å². The lowest BCUT2D eigenvalue weighted by atomic mass is 10.1. The highest BCUT2D eigenvalue weighted by atomic mass is 16.4. The molecule has 82 valence electrons. The van der Waals surface area contributed by atoms with Gasteiger partial charge in [0.15, 0.2) is 0 Å². The summed E-state index contributed by atoms with van der Waals surface area (Å²) in [4.78, 5) is 34.4. The largest absolute Gasteiger partial charge is 0.481 e. The van der Waals surface area contributed by atoms with E-state index in [1.54, 1.807) is 0 Å². The van der Waals surface area contributed by atoms with E-state index in [4.69, 9.17) is 5.11 Å². The molecule has 2 rings (SSSR count). The van der Waals surface area contributed by atoms with Crippen molar-refractivity contribution < 1.29 is 19.5 Å². The molecule has 0 aromatic heterocycles. The predicted molar refractivity (Wildman–Crippen MR) is 49.0 cm³/mol. The molecule has 1 saturated heterocycles. The van der Waals surface area contributed by atoms with Crippen molar-refractivity contribution in [3.8, 4) is 0 Å². The zero-order chi connectivity index (χ0) is 11.0. The van der Waals surface area contributed by atoms with Crippen LogP contribution in [0.4, 0.5) is 4.79 Å². The van der Waals surface area contributed by atoms with Crippen LogP contribution < -0.4 is 5.32 Å². The van der Waals surface area contributed by atoms with Crippen molar-refractivity contribution >= 4 is 17.9 Å². The van der Waals surface area contributed by atoms with E-state index in [1.165, 1.54) is 0 Å². The first-order valence-corrected chi connectivity index (χ1v) is 4.91. The number of hydrogen-bond donors (Lipinski definition) is 2. The number of carboxylic acid groups (broad SMARTS) is 1. The predicted octanol–water partition coefficient (Wildman–Crippen LogP) is -0.208. The number of nitrogens with one attached hydrogen (secondary N) is 1. The van der Waals surface area contributed by atoms with Gasteiger partial charge in [-0.2, -0.15) is 0 Å². The number of rotatable bonds is 2. The van der Waals surface area contributed by atoms with Crippen molar-refractivity contribution in [3.63, 3.8) is 0 Å². The molecule has 2 aliphatic rings. The molecule has 1 unspecified atom stereocenters. The minimum absolute atomic E-state index is 0.00722. The van der Waals surface area contributed by atoms with E-state index in [0.29, 0.717) is 0 Å². The first kappa shape index (κ1) is 9.95. The van der Waals surface area contributed by atoms with Gasteiger partial charge < -0.3 is 10.4 Å². The van der Waals surface area contributed by atoms with Gasteiger partial charge in [0.1, 0.15) is 0 Å². The summed E-state index contributed by atoms with van der Waals surface area (Å²) < 4.78 is 0. The first-order valence-electron chi connectivity index (χ1n) is 4.91. The molecule has 15 heavy (non-hydrogen) atoms. The lowest BCUT2D eigenvalue weighted by molar-refractivity contribution is -0.141. The fourth-order valence-electron chi connectivity index (χ4n) is 1.55. The van der Waals surface area contributed by atoms with Gasteiger partial charge in [-0.3, -0.25) is 14.5 Å². The number of imide groups is 1. The molecule has 1 aliphatic heterocycles. The summed E-state index contributed by atoms with van der Waals surface area (Å²) in [7, 11) is 0. The fraction of sp³-hybridized carbons (Fsp3) is 0.667. The van der Waals surface area contributed by atoms with Gasteiger partial charge in [-0.25, -0.2) is 4.79 Å². The minimum Gasteiger partial charge on any atom is -0.481 e. The maximum absolute atomic E-state index is 11.5. The van der Waals surface area contributed by atoms with Crippen LogP contribution in [0.3, 0.4) is 0 Å². The molecule has 1 atom stereocenters. The van der Waals surface area contributed by atoms with E-state index in [1.807, 2.05) is 0 Å². The van der Waals surface area contributed by atoms with E-state index in [2.05, 4.69) is 5.32 Å². The van der Waals surface area contributed by atoms with Gasteiger partial charge in [-0.1, -0.05) is 0 Å². The average Bonchev–Trinajstić information content (AvgIpc) is 2.86. The van der Waals surface area contributed by atoms with E-state index in [9.17, 15) is 14.4 Å². The molecule has 1 saturated carbocycles. The van der Waals surface area contributed by atoms with E-state index in [0.717, 1.165) is 17.7 Å². The number of amides is 3. The maximum atomic E-state index is 11.5. The normalized spacial score (nSPS) is 25.5. The van der Waals surface area contributed by atoms with Gasteiger partial charge in [-0.05, 0) is 12.8 Å². The Labute approximate surface area is 86.2 Å². The van der Waals surface area contributed by atoms with Crippen LogP contribution in [0.5, 0.6) is 0 Å². The molecule has 6 nitrogen and oxygen atoms in total. The summed E-state index contributed by atoms with van der Waals surface area (Å²) in [5, 5.41) is 11.4. The molecule has 6 heteroatoms. The van der Waals surface area contributed by atoms with Crippen LogP contribution in [0, 0.1) is 5.92 Å². The molecule has 2 N–H and O–H groups in total. The van der Waals surface area contributed by atoms with Crippen molar-refractivity contribution in [3.05, 3.63) is 0 Å². The zero-order valence-corrected chi connectivity index (χ0v) is 8.10. The summed E-state index contributed by atoms with van der Waals surface area (Å²) in [6.45, 7) is -0.00722. The molecule has 3 amide bonds. The summed E-state index contributed by atoms with van der Waals surface area (Å²) in [6, 6.07) is -0.277. The molecule has 0 bridgehead atoms. The van der Waals surface area contributed by atoms with Crippen LogP contribution in [-0.4, -0.2) is 40.5 Å². The molecule has 0 aromatic carbocycles. The molecule has 2 fully saturated rings. The topological polar surface area (TPSA) is 86.7 Å². The fourth-order valence-corrected chi connectivity index (χ4v) is 1.55. The van der Waals surface area contributed by atoms with Gasteiger partial charge in [0, 0.05) is 19.0 Å². The number of nitrogens with zero attached hydrogens (tertiary/aromatic N) is 1. The second-order valence-corrected chi connectivity index (χ2v) is 3.97. The quantitative estimate of drug-likeness (QED) is 0.663. The molecule has 0 spiro atoms. The Hall–Kier alpha value is -1.59. The molecule has 0 radical (unpaired) electrons. The monoisotopic (exact) mass is 212 g/mol. The Balaban J connectivity index is 1.94. The minimum atomic E-state index is -1.02. The number of hydrogen-bond acceptors (Lipinski definition) is 3. The number of aliphatic carboxylic acids is 1.